The Labute approximate surface area is 148 Å². The van der Waals surface area contributed by atoms with Crippen LogP contribution in [0, 0.1) is 11.3 Å². The largest absolute Gasteiger partial charge is 0.507 e. The molecule has 0 amide bonds. The van der Waals surface area contributed by atoms with Crippen LogP contribution in [0.5, 0.6) is 5.75 Å². The number of benzene rings is 2. The van der Waals surface area contributed by atoms with Gasteiger partial charge in [0.25, 0.3) is 5.56 Å². The van der Waals surface area contributed by atoms with Gasteiger partial charge in [-0.2, -0.15) is 5.26 Å². The van der Waals surface area contributed by atoms with Crippen LogP contribution in [-0.2, 0) is 4.74 Å². The number of carbonyl (C=O) groups is 1. The normalized spacial score (nSPS) is 10.2. The van der Waals surface area contributed by atoms with Gasteiger partial charge in [-0.1, -0.05) is 36.4 Å². The molecule has 0 aliphatic rings. The summed E-state index contributed by atoms with van der Waals surface area (Å²) in [5, 5.41) is 19.3. The monoisotopic (exact) mass is 346 g/mol. The molecule has 6 nitrogen and oxygen atoms in total. The summed E-state index contributed by atoms with van der Waals surface area (Å²) in [7, 11) is 1.20. The fraction of sp³-hybridized carbons (Fsp3) is 0.0500. The molecular weight excluding hydrogens is 332 g/mol. The van der Waals surface area contributed by atoms with Crippen molar-refractivity contribution in [1.82, 2.24) is 4.98 Å². The molecule has 0 aliphatic carbocycles. The average Bonchev–Trinajstić information content (AvgIpc) is 2.68. The van der Waals surface area contributed by atoms with E-state index in [1.807, 2.05) is 36.4 Å². The summed E-state index contributed by atoms with van der Waals surface area (Å²) < 4.78 is 4.65. The Balaban J connectivity index is 2.25. The first-order valence-corrected chi connectivity index (χ1v) is 7.69. The van der Waals surface area contributed by atoms with Crippen LogP contribution in [-0.4, -0.2) is 23.2 Å². The number of nitrogens with zero attached hydrogens (tertiary/aromatic N) is 1. The lowest BCUT2D eigenvalue weighted by Crippen LogP contribution is -2.13. The van der Waals surface area contributed by atoms with Gasteiger partial charge in [0.2, 0.25) is 0 Å². The van der Waals surface area contributed by atoms with Gasteiger partial charge < -0.3 is 14.8 Å². The summed E-state index contributed by atoms with van der Waals surface area (Å²) in [6, 6.07) is 17.0. The Bertz CT molecular complexity index is 1080. The summed E-state index contributed by atoms with van der Waals surface area (Å²) in [5.41, 5.74) is 1.47. The summed E-state index contributed by atoms with van der Waals surface area (Å²) >= 11 is 0. The molecule has 2 aromatic carbocycles. The maximum Gasteiger partial charge on any atom is 0.341 e. The molecule has 1 aromatic heterocycles. The number of aromatic nitrogens is 1. The van der Waals surface area contributed by atoms with E-state index in [4.69, 9.17) is 0 Å². The molecule has 128 valence electrons. The fourth-order valence-electron chi connectivity index (χ4n) is 2.65. The highest BCUT2D eigenvalue weighted by Gasteiger charge is 2.17. The number of aromatic amines is 1. The molecule has 26 heavy (non-hydrogen) atoms. The van der Waals surface area contributed by atoms with E-state index in [0.29, 0.717) is 16.8 Å². The van der Waals surface area contributed by atoms with Crippen LogP contribution >= 0.6 is 0 Å². The van der Waals surface area contributed by atoms with E-state index in [2.05, 4.69) is 9.72 Å². The molecule has 3 rings (SSSR count). The molecule has 0 saturated heterocycles. The number of hydrogen-bond donors (Lipinski definition) is 2. The van der Waals surface area contributed by atoms with Crippen LogP contribution in [0.3, 0.4) is 0 Å². The summed E-state index contributed by atoms with van der Waals surface area (Å²) in [6.45, 7) is 0. The molecular formula is C20H14N2O4. The minimum atomic E-state index is -0.712. The minimum absolute atomic E-state index is 0.0459. The van der Waals surface area contributed by atoms with Crippen LogP contribution in [0.15, 0.2) is 59.4 Å². The third-order valence-electron chi connectivity index (χ3n) is 3.94. The number of phenolic OH excluding ortho intramolecular Hbond substituents is 1. The van der Waals surface area contributed by atoms with Gasteiger partial charge in [-0.25, -0.2) is 4.79 Å². The van der Waals surface area contributed by atoms with Crippen molar-refractivity contribution in [2.24, 2.45) is 0 Å². The van der Waals surface area contributed by atoms with Gasteiger partial charge in [0.1, 0.15) is 22.9 Å². The summed E-state index contributed by atoms with van der Waals surface area (Å²) in [4.78, 5) is 26.9. The van der Waals surface area contributed by atoms with Crippen molar-refractivity contribution in [3.05, 3.63) is 76.1 Å². The maximum atomic E-state index is 12.4. The van der Waals surface area contributed by atoms with E-state index < -0.39 is 11.5 Å². The topological polar surface area (TPSA) is 103 Å². The third kappa shape index (κ3) is 3.06. The number of nitrogens with one attached hydrogen (secondary N) is 1. The van der Waals surface area contributed by atoms with Crippen LogP contribution < -0.4 is 5.56 Å². The van der Waals surface area contributed by atoms with Gasteiger partial charge in [0, 0.05) is 11.3 Å². The van der Waals surface area contributed by atoms with Crippen LogP contribution in [0.4, 0.5) is 0 Å². The number of ether oxygens (including phenoxy) is 1. The van der Waals surface area contributed by atoms with Crippen molar-refractivity contribution in [2.75, 3.05) is 7.11 Å². The zero-order chi connectivity index (χ0) is 18.7. The molecule has 0 spiro atoms. The van der Waals surface area contributed by atoms with E-state index in [1.165, 1.54) is 25.3 Å². The van der Waals surface area contributed by atoms with E-state index in [0.717, 1.165) is 5.56 Å². The van der Waals surface area contributed by atoms with Gasteiger partial charge in [-0.15, -0.1) is 0 Å². The van der Waals surface area contributed by atoms with E-state index in [9.17, 15) is 20.0 Å². The first kappa shape index (κ1) is 17.0. The lowest BCUT2D eigenvalue weighted by atomic mass is 9.97. The lowest BCUT2D eigenvalue weighted by Gasteiger charge is -2.10. The number of phenols is 1. The highest BCUT2D eigenvalue weighted by Crippen LogP contribution is 2.30. The number of nitriles is 1. The fourth-order valence-corrected chi connectivity index (χ4v) is 2.65. The molecule has 6 heteroatoms. The molecule has 2 N–H and O–H groups in total. The quantitative estimate of drug-likeness (QED) is 0.709. The van der Waals surface area contributed by atoms with E-state index >= 15 is 0 Å². The Kier molecular flexibility index (Phi) is 4.54. The number of esters is 1. The van der Waals surface area contributed by atoms with E-state index in [-0.39, 0.29) is 16.9 Å². The second-order valence-electron chi connectivity index (χ2n) is 5.50. The van der Waals surface area contributed by atoms with Crippen molar-refractivity contribution in [2.45, 2.75) is 0 Å². The number of methoxy groups -OCH3 is 1. The van der Waals surface area contributed by atoms with E-state index in [1.54, 1.807) is 6.07 Å². The first-order chi connectivity index (χ1) is 12.5. The Morgan fingerprint density at radius 1 is 1.12 bits per heavy atom. The Morgan fingerprint density at radius 2 is 1.85 bits per heavy atom. The van der Waals surface area contributed by atoms with Crippen molar-refractivity contribution >= 4 is 5.97 Å². The van der Waals surface area contributed by atoms with Crippen molar-refractivity contribution in [3.8, 4) is 34.2 Å². The molecule has 3 aromatic rings. The second kappa shape index (κ2) is 6.95. The van der Waals surface area contributed by atoms with Gasteiger partial charge in [0.15, 0.2) is 0 Å². The Hall–Kier alpha value is -3.85. The van der Waals surface area contributed by atoms with Gasteiger partial charge in [0.05, 0.1) is 7.11 Å². The number of aromatic hydroxyl groups is 1. The predicted octanol–water partition coefficient (Wildman–Crippen LogP) is 3.07. The smallest absolute Gasteiger partial charge is 0.341 e. The zero-order valence-corrected chi connectivity index (χ0v) is 13.8. The van der Waals surface area contributed by atoms with Crippen LogP contribution in [0.25, 0.3) is 22.4 Å². The number of rotatable bonds is 3. The number of H-pyrrole nitrogens is 1. The molecule has 0 unspecified atom stereocenters. The average molecular weight is 346 g/mol. The molecule has 0 aliphatic heterocycles. The summed E-state index contributed by atoms with van der Waals surface area (Å²) in [6.07, 6.45) is 0. The molecule has 0 bridgehead atoms. The number of pyridine rings is 1. The molecule has 0 atom stereocenters. The molecule has 0 fully saturated rings. The number of carbonyl (C=O) groups excluding carboxylic acids is 1. The second-order valence-corrected chi connectivity index (χ2v) is 5.50. The third-order valence-corrected chi connectivity index (χ3v) is 3.94. The van der Waals surface area contributed by atoms with Gasteiger partial charge in [-0.05, 0) is 29.3 Å². The van der Waals surface area contributed by atoms with Crippen molar-refractivity contribution in [1.29, 1.82) is 5.26 Å². The summed E-state index contributed by atoms with van der Waals surface area (Å²) in [5.74, 6) is -0.955. The predicted molar refractivity (Wildman–Crippen MR) is 95.7 cm³/mol. The first-order valence-electron chi connectivity index (χ1n) is 7.69. The minimum Gasteiger partial charge on any atom is -0.507 e. The highest BCUT2D eigenvalue weighted by atomic mass is 16.5. The Morgan fingerprint density at radius 3 is 2.50 bits per heavy atom. The molecule has 0 radical (unpaired) electrons. The van der Waals surface area contributed by atoms with Crippen LogP contribution in [0.2, 0.25) is 0 Å². The van der Waals surface area contributed by atoms with Crippen molar-refractivity contribution in [3.63, 3.8) is 0 Å². The lowest BCUT2D eigenvalue weighted by molar-refractivity contribution is 0.0597. The number of hydrogen-bond acceptors (Lipinski definition) is 5. The zero-order valence-electron chi connectivity index (χ0n) is 13.8. The van der Waals surface area contributed by atoms with Crippen LogP contribution in [0.1, 0.15) is 15.9 Å². The van der Waals surface area contributed by atoms with Gasteiger partial charge >= 0.3 is 5.97 Å². The maximum absolute atomic E-state index is 12.4. The molecule has 1 heterocycles. The van der Waals surface area contributed by atoms with Crippen molar-refractivity contribution < 1.29 is 14.6 Å². The van der Waals surface area contributed by atoms with Gasteiger partial charge in [-0.3, -0.25) is 4.79 Å². The SMILES string of the molecule is COC(=O)c1cc(-c2cc(-c3ccccc3)[nH]c(=O)c2C#N)ccc1O. The standard InChI is InChI=1S/C20H14N2O4/c1-26-20(25)15-9-13(7-8-18(15)23)14-10-17(12-5-3-2-4-6-12)22-19(24)16(14)11-21/h2-10,23H,1H3,(H,22,24). The molecule has 0 saturated carbocycles. The highest BCUT2D eigenvalue weighted by molar-refractivity contribution is 5.94.